The summed E-state index contributed by atoms with van der Waals surface area (Å²) < 4.78 is 0. The first-order valence-corrected chi connectivity index (χ1v) is 17.6. The number of nitrogens with one attached hydrogen (secondary N) is 2. The van der Waals surface area contributed by atoms with E-state index in [4.69, 9.17) is 9.98 Å². The highest BCUT2D eigenvalue weighted by Gasteiger charge is 2.16. The van der Waals surface area contributed by atoms with Gasteiger partial charge in [0.2, 0.25) is 0 Å². The summed E-state index contributed by atoms with van der Waals surface area (Å²) in [6.07, 6.45) is 1.73. The molecule has 250 valence electrons. The third-order valence-electron chi connectivity index (χ3n) is 10.8. The first-order valence-electron chi connectivity index (χ1n) is 17.6. The fourth-order valence-electron chi connectivity index (χ4n) is 7.10. The van der Waals surface area contributed by atoms with Crippen molar-refractivity contribution in [2.75, 3.05) is 10.6 Å². The number of rotatable bonds is 0. The molecular formula is C46H46N4. The van der Waals surface area contributed by atoms with E-state index in [0.717, 1.165) is 46.3 Å². The van der Waals surface area contributed by atoms with Gasteiger partial charge >= 0.3 is 0 Å². The van der Waals surface area contributed by atoms with Crippen molar-refractivity contribution in [2.45, 2.75) is 68.2 Å². The van der Waals surface area contributed by atoms with E-state index >= 15 is 0 Å². The smallest absolute Gasteiger partial charge is 0.0702 e. The van der Waals surface area contributed by atoms with Crippen molar-refractivity contribution in [3.05, 3.63) is 175 Å². The molecule has 0 aliphatic carbocycles. The molecule has 0 spiro atoms. The predicted molar refractivity (Wildman–Crippen MR) is 210 cm³/mol. The van der Waals surface area contributed by atoms with Crippen LogP contribution in [0, 0.1) is 55.4 Å². The summed E-state index contributed by atoms with van der Waals surface area (Å²) in [5.41, 5.74) is 21.2. The number of nitrogens with zero attached hydrogens (tertiary/aromatic N) is 2. The van der Waals surface area contributed by atoms with Gasteiger partial charge in [-0.05, 0) is 184 Å². The topological polar surface area (TPSA) is 48.8 Å². The second-order valence-electron chi connectivity index (χ2n) is 14.0. The van der Waals surface area contributed by atoms with Crippen LogP contribution in [0.4, 0.5) is 34.1 Å². The van der Waals surface area contributed by atoms with Crippen LogP contribution >= 0.6 is 0 Å². The van der Waals surface area contributed by atoms with E-state index in [2.05, 4.69) is 163 Å². The van der Waals surface area contributed by atoms with E-state index in [1.807, 2.05) is 0 Å². The zero-order valence-electron chi connectivity index (χ0n) is 30.5. The molecule has 0 fully saturated rings. The van der Waals surface area contributed by atoms with Gasteiger partial charge in [0.15, 0.2) is 0 Å². The normalized spacial score (nSPS) is 12.5. The minimum Gasteiger partial charge on any atom is -0.355 e. The number of hydrogen-bond donors (Lipinski definition) is 2. The zero-order valence-corrected chi connectivity index (χ0v) is 30.5. The van der Waals surface area contributed by atoms with Crippen molar-refractivity contribution in [1.29, 1.82) is 0 Å². The quantitative estimate of drug-likeness (QED) is 0.171. The average molecular weight is 655 g/mol. The Morgan fingerprint density at radius 2 is 0.600 bits per heavy atom. The molecule has 22 rings (SSSR count). The maximum absolute atomic E-state index is 5.14. The Labute approximate surface area is 296 Å². The maximum atomic E-state index is 5.14. The molecule has 0 radical (unpaired) electrons. The Balaban J connectivity index is 1.31. The molecule has 16 aliphatic heterocycles. The van der Waals surface area contributed by atoms with Gasteiger partial charge in [-0.3, -0.25) is 0 Å². The molecule has 0 saturated heterocycles. The van der Waals surface area contributed by atoms with E-state index in [0.29, 0.717) is 0 Å². The number of hydrogen-bond acceptors (Lipinski definition) is 4. The molecule has 4 nitrogen and oxygen atoms in total. The summed E-state index contributed by atoms with van der Waals surface area (Å²) in [7, 11) is 0. The lowest BCUT2D eigenvalue weighted by Crippen LogP contribution is -2.25. The summed E-state index contributed by atoms with van der Waals surface area (Å²) in [4.78, 5) is 10.3. The summed E-state index contributed by atoms with van der Waals surface area (Å²) in [5, 5.41) is 9.56. The fourth-order valence-corrected chi connectivity index (χ4v) is 7.10. The van der Waals surface area contributed by atoms with Crippen LogP contribution in [0.2, 0.25) is 0 Å². The van der Waals surface area contributed by atoms with Crippen molar-refractivity contribution >= 4 is 34.1 Å². The summed E-state index contributed by atoms with van der Waals surface area (Å²) in [6, 6.07) is 35.0. The molecule has 0 amide bonds. The van der Waals surface area contributed by atoms with Gasteiger partial charge in [0.25, 0.3) is 0 Å². The molecule has 6 aromatic rings. The van der Waals surface area contributed by atoms with Gasteiger partial charge in [-0.2, -0.15) is 0 Å². The lowest BCUT2D eigenvalue weighted by atomic mass is 9.95. The Morgan fingerprint density at radius 3 is 0.880 bits per heavy atom. The largest absolute Gasteiger partial charge is 0.355 e. The third-order valence-corrected chi connectivity index (χ3v) is 10.8. The molecule has 2 N–H and O–H groups in total. The lowest BCUT2D eigenvalue weighted by molar-refractivity contribution is 1.08. The Bertz CT molecular complexity index is 2120. The average Bonchev–Trinajstić information content (AvgIpc) is 3.13. The first kappa shape index (κ1) is 33.0. The van der Waals surface area contributed by atoms with Crippen molar-refractivity contribution in [3.8, 4) is 0 Å². The molecule has 4 heteroatoms. The van der Waals surface area contributed by atoms with Gasteiger partial charge < -0.3 is 10.6 Å². The number of benzene rings is 6. The van der Waals surface area contributed by atoms with Crippen molar-refractivity contribution in [2.24, 2.45) is 9.98 Å². The van der Waals surface area contributed by atoms with E-state index in [1.54, 1.807) is 0 Å². The number of anilines is 4. The van der Waals surface area contributed by atoms with Crippen molar-refractivity contribution in [3.63, 3.8) is 0 Å². The molecule has 50 heavy (non-hydrogen) atoms. The van der Waals surface area contributed by atoms with E-state index in [-0.39, 0.29) is 0 Å². The summed E-state index contributed by atoms with van der Waals surface area (Å²) in [6.45, 7) is 17.5. The minimum absolute atomic E-state index is 0.867. The summed E-state index contributed by atoms with van der Waals surface area (Å²) >= 11 is 0. The van der Waals surface area contributed by atoms with Crippen LogP contribution in [-0.4, -0.2) is 0 Å². The molecule has 0 saturated carbocycles. The van der Waals surface area contributed by atoms with Crippen molar-refractivity contribution < 1.29 is 0 Å². The van der Waals surface area contributed by atoms with Gasteiger partial charge in [-0.15, -0.1) is 0 Å². The predicted octanol–water partition coefficient (Wildman–Crippen LogP) is 11.0. The van der Waals surface area contributed by atoms with Crippen LogP contribution in [-0.2, 0) is 12.8 Å². The first-order chi connectivity index (χ1) is 24.0. The lowest BCUT2D eigenvalue weighted by Gasteiger charge is -2.23. The Hall–Kier alpha value is -5.48. The van der Waals surface area contributed by atoms with Gasteiger partial charge in [0.1, 0.15) is 0 Å². The van der Waals surface area contributed by atoms with Gasteiger partial charge in [-0.25, -0.2) is 9.98 Å². The monoisotopic (exact) mass is 654 g/mol. The highest BCUT2D eigenvalue weighted by atomic mass is 14.9. The molecule has 16 aliphatic rings. The van der Waals surface area contributed by atoms with Crippen LogP contribution in [0.5, 0.6) is 0 Å². The molecule has 12 bridgehead atoms. The van der Waals surface area contributed by atoms with Crippen LogP contribution in [0.3, 0.4) is 0 Å². The second kappa shape index (κ2) is 13.4. The molecule has 0 aromatic heterocycles. The summed E-state index contributed by atoms with van der Waals surface area (Å²) in [5.74, 6) is 0. The second-order valence-corrected chi connectivity index (χ2v) is 14.0. The van der Waals surface area contributed by atoms with E-state index in [9.17, 15) is 0 Å². The molecule has 16 heterocycles. The van der Waals surface area contributed by atoms with E-state index in [1.165, 1.54) is 78.1 Å². The third kappa shape index (κ3) is 6.46. The molecule has 6 aromatic carbocycles. The zero-order chi connectivity index (χ0) is 35.1. The van der Waals surface area contributed by atoms with Gasteiger partial charge in [-0.1, -0.05) is 48.5 Å². The van der Waals surface area contributed by atoms with Gasteiger partial charge in [0, 0.05) is 22.7 Å². The van der Waals surface area contributed by atoms with Crippen molar-refractivity contribution in [1.82, 2.24) is 0 Å². The van der Waals surface area contributed by atoms with Crippen LogP contribution < -0.4 is 21.3 Å². The van der Waals surface area contributed by atoms with Crippen LogP contribution in [0.15, 0.2) is 107 Å². The molecule has 0 atom stereocenters. The molecule has 0 unspecified atom stereocenters. The van der Waals surface area contributed by atoms with E-state index < -0.39 is 0 Å². The van der Waals surface area contributed by atoms with Crippen LogP contribution in [0.1, 0.15) is 66.8 Å². The Kier molecular flexibility index (Phi) is 8.88. The highest BCUT2D eigenvalue weighted by Crippen LogP contribution is 2.37. The van der Waals surface area contributed by atoms with Crippen LogP contribution in [0.25, 0.3) is 0 Å². The van der Waals surface area contributed by atoms with Gasteiger partial charge in [0.05, 0.1) is 22.1 Å². The highest BCUT2D eigenvalue weighted by molar-refractivity contribution is 5.79. The standard InChI is InChI=1S/C46H46N4/c1-27-28(2)44-30(4)29(3)43(27)47-39-17-9-35(10-18-39)25-37-13-21-41(22-14-37)49-45-31(5)33(7)46(34(8)32(45)6)50-42-23-15-38(16-24-42)26-36-11-19-40(48-44)20-12-36/h9-24,47-48H,25-26H2,1-8H3. The maximum Gasteiger partial charge on any atom is 0.0702 e. The Morgan fingerprint density at radius 1 is 0.340 bits per heavy atom. The molecular weight excluding hydrogens is 609 g/mol. The fraction of sp³-hybridized carbons (Fsp3) is 0.217. The minimum atomic E-state index is 0.867. The SMILES string of the molecule is Cc1c(C)c2c(C)c(C)c1Nc1ccc(cc1)Cc1ccc(cc1)N=c1c(C)c(C)c(c(C)c1C)=Nc1ccc(cc1)Cc1ccc(cc1)N2.